The fourth-order valence-electron chi connectivity index (χ4n) is 3.06. The summed E-state index contributed by atoms with van der Waals surface area (Å²) >= 11 is 1.45. The van der Waals surface area contributed by atoms with E-state index >= 15 is 0 Å². The number of hydroxylamine groups is 1. The number of rotatable bonds is 8. The molecule has 3 aromatic rings. The average molecular weight is 419 g/mol. The normalized spacial score (nSPS) is 12.3. The first-order chi connectivity index (χ1) is 14.0. The molecule has 1 aromatic carbocycles. The minimum Gasteiger partial charge on any atom is -0.394 e. The van der Waals surface area contributed by atoms with Crippen LogP contribution in [0.3, 0.4) is 0 Å². The van der Waals surface area contributed by atoms with Gasteiger partial charge >= 0.3 is 0 Å². The molecule has 0 unspecified atom stereocenters. The Morgan fingerprint density at radius 3 is 2.90 bits per heavy atom. The number of fused-ring (bicyclic) bond motifs is 1. The predicted molar refractivity (Wildman–Crippen MR) is 108 cm³/mol. The maximum absolute atomic E-state index is 14.6. The van der Waals surface area contributed by atoms with Gasteiger partial charge in [0.1, 0.15) is 24.2 Å². The van der Waals surface area contributed by atoms with E-state index in [1.807, 2.05) is 12.3 Å². The highest BCUT2D eigenvalue weighted by molar-refractivity contribution is 7.98. The van der Waals surface area contributed by atoms with Gasteiger partial charge in [-0.1, -0.05) is 6.07 Å². The van der Waals surface area contributed by atoms with Crippen LogP contribution in [0.2, 0.25) is 0 Å². The first-order valence-electron chi connectivity index (χ1n) is 8.92. The van der Waals surface area contributed by atoms with E-state index in [2.05, 4.69) is 10.5 Å². The van der Waals surface area contributed by atoms with Gasteiger partial charge in [0.2, 0.25) is 0 Å². The number of carbonyl (C=O) groups is 1. The summed E-state index contributed by atoms with van der Waals surface area (Å²) in [5.41, 5.74) is 4.23. The molecule has 0 aliphatic heterocycles. The topological polar surface area (TPSA) is 96.6 Å². The second kappa shape index (κ2) is 9.36. The molecule has 0 spiro atoms. The minimum atomic E-state index is -1.10. The van der Waals surface area contributed by atoms with Crippen molar-refractivity contribution in [2.75, 3.05) is 19.5 Å². The van der Waals surface area contributed by atoms with Crippen molar-refractivity contribution in [3.63, 3.8) is 0 Å². The molecule has 2 aromatic heterocycles. The number of thioether (sulfide) groups is 1. The molecule has 1 atom stereocenters. The van der Waals surface area contributed by atoms with E-state index in [1.165, 1.54) is 17.8 Å². The monoisotopic (exact) mass is 419 g/mol. The molecule has 9 heteroatoms. The summed E-state index contributed by atoms with van der Waals surface area (Å²) in [5.74, 6) is -0.881. The Morgan fingerprint density at radius 2 is 2.21 bits per heavy atom. The quantitative estimate of drug-likeness (QED) is 0.382. The predicted octanol–water partition coefficient (Wildman–Crippen LogP) is 2.04. The van der Waals surface area contributed by atoms with Crippen LogP contribution < -0.4 is 5.48 Å². The third-order valence-corrected chi connectivity index (χ3v) is 5.29. The largest absolute Gasteiger partial charge is 0.394 e. The molecule has 0 saturated heterocycles. The van der Waals surface area contributed by atoms with E-state index in [-0.39, 0.29) is 18.8 Å². The Kier molecular flexibility index (Phi) is 6.86. The second-order valence-electron chi connectivity index (χ2n) is 6.47. The lowest BCUT2D eigenvalue weighted by atomic mass is 10.0. The number of benzene rings is 1. The van der Waals surface area contributed by atoms with Crippen molar-refractivity contribution in [2.45, 2.75) is 17.4 Å². The van der Waals surface area contributed by atoms with Crippen molar-refractivity contribution in [3.8, 4) is 0 Å². The van der Waals surface area contributed by atoms with Crippen LogP contribution in [-0.2, 0) is 18.3 Å². The number of hydrogen-bond donors (Lipinski definition) is 3. The summed E-state index contributed by atoms with van der Waals surface area (Å²) in [4.78, 5) is 23.0. The van der Waals surface area contributed by atoms with Crippen molar-refractivity contribution in [3.05, 3.63) is 59.2 Å². The van der Waals surface area contributed by atoms with Crippen molar-refractivity contribution in [2.24, 2.45) is 7.05 Å². The summed E-state index contributed by atoms with van der Waals surface area (Å²) in [6.45, 7) is -0.740. The second-order valence-corrected chi connectivity index (χ2v) is 7.35. The molecular weight excluding hydrogens is 397 g/mol. The van der Waals surface area contributed by atoms with Gasteiger partial charge in [-0.05, 0) is 36.1 Å². The zero-order valence-electron chi connectivity index (χ0n) is 16.1. The van der Waals surface area contributed by atoms with Gasteiger partial charge in [-0.15, -0.1) is 11.8 Å². The van der Waals surface area contributed by atoms with E-state index in [1.54, 1.807) is 36.0 Å². The Balaban J connectivity index is 1.97. The Morgan fingerprint density at radius 1 is 1.41 bits per heavy atom. The lowest BCUT2D eigenvalue weighted by molar-refractivity contribution is -0.0295. The third kappa shape index (κ3) is 4.59. The summed E-state index contributed by atoms with van der Waals surface area (Å²) in [7, 11) is 1.77. The standard InChI is InChI=1S/C20H22FN3O4S/c1-24-17(8-12-5-6-14(29-2)9-16(12)21)18(15-4-3-7-22-19(15)24)20(27)23-28-11-13(26)10-25/h3-7,9,13,25-26H,8,10-11H2,1-2H3,(H,23,27)/t13-/m0/s1. The highest BCUT2D eigenvalue weighted by Gasteiger charge is 2.23. The van der Waals surface area contributed by atoms with Crippen molar-refractivity contribution >= 4 is 28.7 Å². The lowest BCUT2D eigenvalue weighted by Crippen LogP contribution is -2.30. The first kappa shape index (κ1) is 21.3. The number of halogens is 1. The number of nitrogens with zero attached hydrogens (tertiary/aromatic N) is 2. The van der Waals surface area contributed by atoms with Gasteiger partial charge in [0.25, 0.3) is 5.91 Å². The zero-order chi connectivity index (χ0) is 21.0. The van der Waals surface area contributed by atoms with Crippen molar-refractivity contribution < 1.29 is 24.2 Å². The van der Waals surface area contributed by atoms with Crippen LogP contribution in [-0.4, -0.2) is 51.2 Å². The number of aliphatic hydroxyl groups excluding tert-OH is 2. The molecule has 0 fully saturated rings. The molecule has 0 bridgehead atoms. The van der Waals surface area contributed by atoms with Crippen LogP contribution in [0.4, 0.5) is 4.39 Å². The van der Waals surface area contributed by atoms with E-state index < -0.39 is 18.6 Å². The molecule has 1 amide bonds. The summed E-state index contributed by atoms with van der Waals surface area (Å²) in [6.07, 6.45) is 2.58. The fourth-order valence-corrected chi connectivity index (χ4v) is 3.48. The van der Waals surface area contributed by atoms with Crippen LogP contribution in [0, 0.1) is 5.82 Å². The Labute approximate surface area is 171 Å². The molecule has 3 N–H and O–H groups in total. The molecule has 0 aliphatic rings. The fraction of sp³-hybridized carbons (Fsp3) is 0.300. The summed E-state index contributed by atoms with van der Waals surface area (Å²) in [5, 5.41) is 18.8. The SMILES string of the molecule is CSc1ccc(Cc2c(C(=O)NOC[C@@H](O)CO)c3cccnc3n2C)c(F)c1. The van der Waals surface area contributed by atoms with E-state index in [4.69, 9.17) is 9.94 Å². The van der Waals surface area contributed by atoms with Gasteiger partial charge in [-0.3, -0.25) is 9.63 Å². The van der Waals surface area contributed by atoms with Crippen LogP contribution in [0.25, 0.3) is 11.0 Å². The summed E-state index contributed by atoms with van der Waals surface area (Å²) < 4.78 is 16.3. The number of nitrogens with one attached hydrogen (secondary N) is 1. The maximum atomic E-state index is 14.6. The van der Waals surface area contributed by atoms with Crippen molar-refractivity contribution in [1.29, 1.82) is 0 Å². The lowest BCUT2D eigenvalue weighted by Gasteiger charge is -2.11. The van der Waals surface area contributed by atoms with Gasteiger partial charge in [0.05, 0.1) is 12.2 Å². The van der Waals surface area contributed by atoms with Crippen LogP contribution in [0.15, 0.2) is 41.4 Å². The highest BCUT2D eigenvalue weighted by atomic mass is 32.2. The third-order valence-electron chi connectivity index (χ3n) is 4.56. The van der Waals surface area contributed by atoms with Crippen molar-refractivity contribution in [1.82, 2.24) is 15.0 Å². The number of pyridine rings is 1. The minimum absolute atomic E-state index is 0.190. The number of hydrogen-bond acceptors (Lipinski definition) is 6. The number of carbonyl (C=O) groups excluding carboxylic acids is 1. The molecule has 0 saturated carbocycles. The molecule has 154 valence electrons. The van der Waals surface area contributed by atoms with Gasteiger partial charge in [-0.25, -0.2) is 14.9 Å². The smallest absolute Gasteiger partial charge is 0.277 e. The Bertz CT molecular complexity index is 1020. The zero-order valence-corrected chi connectivity index (χ0v) is 16.9. The van der Waals surface area contributed by atoms with E-state index in [9.17, 15) is 14.3 Å². The molecular formula is C20H22FN3O4S. The number of aromatic nitrogens is 2. The molecule has 2 heterocycles. The number of amides is 1. The summed E-state index contributed by atoms with van der Waals surface area (Å²) in [6, 6.07) is 8.49. The molecule has 3 rings (SSSR count). The Hall–Kier alpha value is -2.46. The van der Waals surface area contributed by atoms with Crippen LogP contribution in [0.1, 0.15) is 21.6 Å². The molecule has 7 nitrogen and oxygen atoms in total. The molecule has 0 radical (unpaired) electrons. The average Bonchev–Trinajstić information content (AvgIpc) is 3.01. The molecule has 0 aliphatic carbocycles. The van der Waals surface area contributed by atoms with Gasteiger partial charge in [0, 0.05) is 35.6 Å². The molecule has 29 heavy (non-hydrogen) atoms. The van der Waals surface area contributed by atoms with Gasteiger partial charge in [0.15, 0.2) is 0 Å². The first-order valence-corrected chi connectivity index (χ1v) is 10.1. The highest BCUT2D eigenvalue weighted by Crippen LogP contribution is 2.27. The van der Waals surface area contributed by atoms with Crippen LogP contribution >= 0.6 is 11.8 Å². The number of aryl methyl sites for hydroxylation is 1. The maximum Gasteiger partial charge on any atom is 0.277 e. The van der Waals surface area contributed by atoms with E-state index in [0.717, 1.165) is 4.90 Å². The van der Waals surface area contributed by atoms with E-state index in [0.29, 0.717) is 27.9 Å². The van der Waals surface area contributed by atoms with Gasteiger partial charge in [-0.2, -0.15) is 0 Å². The van der Waals surface area contributed by atoms with Crippen LogP contribution in [0.5, 0.6) is 0 Å². The van der Waals surface area contributed by atoms with Gasteiger partial charge < -0.3 is 14.8 Å². The number of aliphatic hydroxyl groups is 2.